The van der Waals surface area contributed by atoms with Gasteiger partial charge in [-0.15, -0.1) is 0 Å². The van der Waals surface area contributed by atoms with Crippen molar-refractivity contribution in [3.8, 4) is 23.0 Å². The van der Waals surface area contributed by atoms with Crippen LogP contribution in [-0.2, 0) is 63.7 Å². The first-order valence-electron chi connectivity index (χ1n) is 42.5. The molecule has 12 aliphatic heterocycles. The van der Waals surface area contributed by atoms with E-state index in [-0.39, 0.29) is 70.4 Å². The molecular formula is C96H93BrClFN8O20. The van der Waals surface area contributed by atoms with Crippen LogP contribution in [0.15, 0.2) is 186 Å². The monoisotopic (exact) mass is 1810 g/mol. The lowest BCUT2D eigenvalue weighted by atomic mass is 9.77. The van der Waals surface area contributed by atoms with Crippen LogP contribution in [0.3, 0.4) is 0 Å². The first-order valence-corrected chi connectivity index (χ1v) is 43.7. The van der Waals surface area contributed by atoms with Crippen LogP contribution < -0.4 is 38.5 Å². The number of esters is 4. The Hall–Kier alpha value is -12.7. The molecule has 0 aromatic heterocycles. The highest BCUT2D eigenvalue weighted by Crippen LogP contribution is 2.64. The minimum atomic E-state index is -1.45. The zero-order valence-corrected chi connectivity index (χ0v) is 73.8. The maximum Gasteiger partial charge on any atom is 0.332 e. The number of imide groups is 4. The van der Waals surface area contributed by atoms with Gasteiger partial charge in [-0.05, 0) is 184 Å². The molecule has 0 unspecified atom stereocenters. The van der Waals surface area contributed by atoms with Gasteiger partial charge in [0.2, 0.25) is 0 Å². The Kier molecular flexibility index (Phi) is 22.4. The number of nitrogens with zero attached hydrogens (tertiary/aromatic N) is 8. The lowest BCUT2D eigenvalue weighted by Gasteiger charge is -2.34. The number of carbonyl (C=O) groups excluding carboxylic acids is 12. The van der Waals surface area contributed by atoms with E-state index in [0.29, 0.717) is 45.1 Å². The van der Waals surface area contributed by atoms with E-state index in [1.54, 1.807) is 149 Å². The second-order valence-corrected chi connectivity index (χ2v) is 35.3. The smallest absolute Gasteiger partial charge is 0.332 e. The number of carbonyl (C=O) groups is 12. The maximum absolute atomic E-state index is 13.9. The molecule has 12 amide bonds. The highest BCUT2D eigenvalue weighted by atomic mass is 79.9. The van der Waals surface area contributed by atoms with Crippen molar-refractivity contribution >= 4 is 122 Å². The Bertz CT molecular complexity index is 5890. The lowest BCUT2D eigenvalue weighted by Crippen LogP contribution is -2.51. The fourth-order valence-corrected chi connectivity index (χ4v) is 22.2. The minimum absolute atomic E-state index is 0.157. The van der Waals surface area contributed by atoms with Gasteiger partial charge in [-0.1, -0.05) is 124 Å². The number of ether oxygens (including phenoxy) is 8. The summed E-state index contributed by atoms with van der Waals surface area (Å²) in [5.74, 6) is -6.63. The van der Waals surface area contributed by atoms with Crippen LogP contribution in [0.4, 0.5) is 46.3 Å². The van der Waals surface area contributed by atoms with Crippen LogP contribution in [0.5, 0.6) is 23.0 Å². The summed E-state index contributed by atoms with van der Waals surface area (Å²) in [4.78, 5) is 173. The van der Waals surface area contributed by atoms with Crippen LogP contribution in [0.2, 0.25) is 5.02 Å². The summed E-state index contributed by atoms with van der Waals surface area (Å²) >= 11 is 9.53. The Morgan fingerprint density at radius 1 is 0.378 bits per heavy atom. The van der Waals surface area contributed by atoms with Gasteiger partial charge >= 0.3 is 48.0 Å². The van der Waals surface area contributed by atoms with Crippen LogP contribution >= 0.6 is 27.5 Å². The van der Waals surface area contributed by atoms with Crippen LogP contribution in [-0.4, -0.2) is 166 Å². The van der Waals surface area contributed by atoms with Gasteiger partial charge in [0.05, 0.1) is 123 Å². The molecule has 20 rings (SSSR count). The molecule has 0 radical (unpaired) electrons. The Balaban J connectivity index is 0.000000119. The number of benzene rings is 8. The third-order valence-electron chi connectivity index (χ3n) is 27.2. The van der Waals surface area contributed by atoms with E-state index in [4.69, 9.17) is 49.5 Å². The largest absolute Gasteiger partial charge is 0.493 e. The molecule has 0 spiro atoms. The fraction of sp³-hybridized carbons (Fsp3) is 0.375. The number of aryl methyl sites for hydroxylation is 3. The number of anilines is 4. The molecule has 127 heavy (non-hydrogen) atoms. The summed E-state index contributed by atoms with van der Waals surface area (Å²) in [7, 11) is 0. The lowest BCUT2D eigenvalue weighted by molar-refractivity contribution is -0.155. The van der Waals surface area contributed by atoms with Crippen molar-refractivity contribution in [2.75, 3.05) is 72.5 Å². The van der Waals surface area contributed by atoms with E-state index in [2.05, 4.69) is 22.9 Å². The van der Waals surface area contributed by atoms with Crippen molar-refractivity contribution in [3.63, 3.8) is 0 Å². The number of urea groups is 4. The van der Waals surface area contributed by atoms with E-state index >= 15 is 0 Å². The Morgan fingerprint density at radius 2 is 0.709 bits per heavy atom. The molecule has 658 valence electrons. The molecule has 0 aliphatic carbocycles. The van der Waals surface area contributed by atoms with Crippen molar-refractivity contribution < 1.29 is 99.8 Å². The van der Waals surface area contributed by atoms with Gasteiger partial charge in [0.1, 0.15) is 51.0 Å². The molecule has 0 bridgehead atoms. The predicted molar refractivity (Wildman–Crippen MR) is 463 cm³/mol. The number of hydrogen-bond donors (Lipinski definition) is 0. The van der Waals surface area contributed by atoms with Crippen molar-refractivity contribution in [2.45, 2.75) is 129 Å². The highest BCUT2D eigenvalue weighted by molar-refractivity contribution is 9.10. The van der Waals surface area contributed by atoms with E-state index < -0.39 is 159 Å². The number of fused-ring (bicyclic) bond motifs is 20. The third-order valence-corrected chi connectivity index (χ3v) is 27.9. The maximum atomic E-state index is 13.9. The topological polar surface area (TPSA) is 305 Å². The summed E-state index contributed by atoms with van der Waals surface area (Å²) in [5, 5.41) is 0.409. The molecular weight excluding hydrogens is 1720 g/mol. The van der Waals surface area contributed by atoms with Gasteiger partial charge in [-0.2, -0.15) is 0 Å². The molecule has 8 fully saturated rings. The third kappa shape index (κ3) is 13.3. The predicted octanol–water partition coefficient (Wildman–Crippen LogP) is 15.4. The molecule has 8 saturated heterocycles. The average molecular weight is 1810 g/mol. The highest BCUT2D eigenvalue weighted by Gasteiger charge is 2.77. The molecule has 31 heteroatoms. The number of para-hydroxylation sites is 2. The van der Waals surface area contributed by atoms with E-state index in [9.17, 15) is 61.9 Å². The van der Waals surface area contributed by atoms with Crippen LogP contribution in [0, 0.1) is 67.0 Å². The second-order valence-electron chi connectivity index (χ2n) is 34.0. The molecule has 0 saturated carbocycles. The van der Waals surface area contributed by atoms with Gasteiger partial charge < -0.3 is 57.5 Å². The first kappa shape index (κ1) is 86.4. The van der Waals surface area contributed by atoms with E-state index in [1.807, 2.05) is 92.7 Å². The number of rotatable bonds is 13. The summed E-state index contributed by atoms with van der Waals surface area (Å²) in [5.41, 5.74) is 2.33. The molecule has 12 aliphatic rings. The van der Waals surface area contributed by atoms with E-state index in [0.717, 1.165) is 59.6 Å². The van der Waals surface area contributed by atoms with Crippen LogP contribution in [0.1, 0.15) is 125 Å². The van der Waals surface area contributed by atoms with Gasteiger partial charge in [0, 0.05) is 55.4 Å². The molecule has 8 aromatic carbocycles. The molecule has 12 heterocycles. The zero-order valence-electron chi connectivity index (χ0n) is 71.5. The standard InChI is InChI=1S/C25H25BrN2O5.C24H23ClN2O5.C24H24N2O5.C23H21FN2O5/c1-4-14-6-11-17-19(12-14)33-13-18-20(22(29)32-5-2)25(3)23(30)27(24(31)28(25)21(17)18)16-9-7-15(26)8-10-16;1-4-31-21(28)19-17-12-32-18-9-8-13(2)10-16(18)20(17)27-23(30)26(22(29)24(19,27)3)15-7-5-6-14(25)11-15;1-4-30-21(27)19-17-13-31-18-11-10-14(2)12-16(18)20(17)26-23(29)25(22(28)24(19,26)3)15-8-6-5-7-9-15;1-3-30-20(27)18-16-12-31-17-7-5-4-6-15(17)19(16)26-22(29)25(21(28)23(18,26)2)14-10-8-13(24)9-11-14/h6-12,18,20-21H,4-5,13H2,1-3H3;5-11,17,19-20H,4,12H2,1-3H3;5-12,17,19-20H,4,13H2,1-3H3;4-11,16,18-19H,3,12H2,1-2H3/t18-,20+,21+,25-;17-,19+,20-,24+;17-,19+,20+,24-;16-,18+,19+,23-/m1111/s1. The molecule has 28 nitrogen and oxygen atoms in total. The van der Waals surface area contributed by atoms with Gasteiger partial charge in [-0.3, -0.25) is 38.4 Å². The van der Waals surface area contributed by atoms with Crippen molar-refractivity contribution in [1.29, 1.82) is 0 Å². The number of amides is 12. The summed E-state index contributed by atoms with van der Waals surface area (Å²) in [6.45, 7) is 21.1. The number of halogens is 3. The second kappa shape index (κ2) is 32.9. The van der Waals surface area contributed by atoms with Crippen LogP contribution in [0.25, 0.3) is 0 Å². The summed E-state index contributed by atoms with van der Waals surface area (Å²) in [6.07, 6.45) is 0.854. The summed E-state index contributed by atoms with van der Waals surface area (Å²) < 4.78 is 59.7. The Morgan fingerprint density at radius 3 is 1.09 bits per heavy atom. The van der Waals surface area contributed by atoms with Crippen molar-refractivity contribution in [1.82, 2.24) is 19.6 Å². The van der Waals surface area contributed by atoms with E-state index in [1.165, 1.54) is 39.0 Å². The normalized spacial score (nSPS) is 28.3. The molecule has 16 atom stereocenters. The fourth-order valence-electron chi connectivity index (χ4n) is 21.7. The average Bonchev–Trinajstić information content (AvgIpc) is 1.51. The first-order chi connectivity index (χ1) is 60.9. The molecule has 0 N–H and O–H groups in total. The SMILES string of the molecule is CCOC(=O)[C@@H]1[C@H]2COc3cc(CC)ccc3[C@@H]2N2C(=O)N(c3ccc(Br)cc3)C(=O)[C@@]12C.CCOC(=O)[C@@H]1[C@H]2COc3ccc(C)cc3[C@@H]2N2C(=O)N(c3ccccc3)C(=O)[C@@]12C.CCOC(=O)[C@@H]1[C@H]2COc3ccc(C)cc3[C@H]2N2C(=O)N(c3cccc(Cl)c3)C(=O)[C@]12C.CCOC(=O)[C@@H]1[C@H]2COc3ccccc3[C@@H]2N2C(=O)N(c3ccc(F)cc3)C(=O)[C@@]12C. The van der Waals surface area contributed by atoms with Crippen molar-refractivity contribution in [3.05, 3.63) is 236 Å². The number of hydrogen-bond acceptors (Lipinski definition) is 20. The zero-order chi connectivity index (χ0) is 90.1. The van der Waals surface area contributed by atoms with Crippen molar-refractivity contribution in [2.24, 2.45) is 47.3 Å². The molecule has 8 aromatic rings. The quantitative estimate of drug-likeness (QED) is 0.0588. The minimum Gasteiger partial charge on any atom is -0.493 e. The van der Waals surface area contributed by atoms with Gasteiger partial charge in [0.25, 0.3) is 23.6 Å². The van der Waals surface area contributed by atoms with Gasteiger partial charge in [0.15, 0.2) is 0 Å². The van der Waals surface area contributed by atoms with Gasteiger partial charge in [-0.25, -0.2) is 43.2 Å². The summed E-state index contributed by atoms with van der Waals surface area (Å²) in [6, 6.07) is 48.6. The Labute approximate surface area is 745 Å².